The van der Waals surface area contributed by atoms with Crippen molar-refractivity contribution in [1.82, 2.24) is 19.7 Å². The van der Waals surface area contributed by atoms with Crippen LogP contribution < -0.4 is 15.4 Å². The van der Waals surface area contributed by atoms with Gasteiger partial charge in [-0.1, -0.05) is 18.7 Å². The topological polar surface area (TPSA) is 103 Å². The first-order valence-corrected chi connectivity index (χ1v) is 12.5. The minimum atomic E-state index is -0.353. The second-order valence-corrected chi connectivity index (χ2v) is 9.22. The fourth-order valence-electron chi connectivity index (χ4n) is 4.58. The molecule has 1 atom stereocenters. The van der Waals surface area contributed by atoms with Gasteiger partial charge in [-0.05, 0) is 48.0 Å². The van der Waals surface area contributed by atoms with E-state index in [1.165, 1.54) is 24.5 Å². The second kappa shape index (κ2) is 10.5. The maximum Gasteiger partial charge on any atom is 0.247 e. The number of amides is 1. The molecule has 1 fully saturated rings. The van der Waals surface area contributed by atoms with Gasteiger partial charge in [0.1, 0.15) is 29.8 Å². The fourth-order valence-corrected chi connectivity index (χ4v) is 4.58. The predicted molar refractivity (Wildman–Crippen MR) is 147 cm³/mol. The number of rotatable bonds is 8. The molecule has 0 radical (unpaired) electrons. The molecule has 196 valence electrons. The molecule has 1 aliphatic rings. The number of hydrogen-bond donors (Lipinski definition) is 2. The quantitative estimate of drug-likeness (QED) is 0.269. The first-order valence-electron chi connectivity index (χ1n) is 12.5. The molecule has 1 aliphatic heterocycles. The smallest absolute Gasteiger partial charge is 0.247 e. The Balaban J connectivity index is 1.30. The number of nitrogens with zero attached hydrogens (tertiary/aromatic N) is 4. The molecule has 1 amide bonds. The molecule has 0 bridgehead atoms. The highest BCUT2D eigenvalue weighted by Crippen LogP contribution is 2.35. The van der Waals surface area contributed by atoms with Crippen LogP contribution in [0.15, 0.2) is 79.8 Å². The first kappa shape index (κ1) is 24.5. The lowest BCUT2D eigenvalue weighted by atomic mass is 10.1. The number of benzene rings is 3. The van der Waals surface area contributed by atoms with Crippen LogP contribution in [-0.2, 0) is 16.1 Å². The Labute approximate surface area is 223 Å². The van der Waals surface area contributed by atoms with E-state index in [0.717, 1.165) is 28.6 Å². The molecule has 1 saturated heterocycles. The monoisotopic (exact) mass is 524 g/mol. The van der Waals surface area contributed by atoms with E-state index in [-0.39, 0.29) is 17.8 Å². The predicted octanol–water partition coefficient (Wildman–Crippen LogP) is 5.20. The summed E-state index contributed by atoms with van der Waals surface area (Å²) in [6.07, 6.45) is 5.12. The number of carbonyl (C=O) groups is 1. The van der Waals surface area contributed by atoms with Crippen LogP contribution in [0.2, 0.25) is 0 Å². The third-order valence-electron chi connectivity index (χ3n) is 6.49. The van der Waals surface area contributed by atoms with Gasteiger partial charge in [0.2, 0.25) is 5.91 Å². The Morgan fingerprint density at radius 2 is 2.13 bits per heavy atom. The van der Waals surface area contributed by atoms with Gasteiger partial charge in [0, 0.05) is 28.9 Å². The van der Waals surface area contributed by atoms with Crippen molar-refractivity contribution in [2.24, 2.45) is 0 Å². The lowest BCUT2D eigenvalue weighted by Gasteiger charge is -2.17. The number of carbonyl (C=O) groups excluding carboxylic acids is 1. The molecule has 0 unspecified atom stereocenters. The summed E-state index contributed by atoms with van der Waals surface area (Å²) in [7, 11) is 0. The molecule has 9 nitrogen and oxygen atoms in total. The van der Waals surface area contributed by atoms with Crippen LogP contribution in [0.5, 0.6) is 5.75 Å². The van der Waals surface area contributed by atoms with Crippen LogP contribution in [0, 0.1) is 5.82 Å². The van der Waals surface area contributed by atoms with E-state index in [1.807, 2.05) is 28.9 Å². The van der Waals surface area contributed by atoms with Crippen molar-refractivity contribution in [2.75, 3.05) is 23.8 Å². The van der Waals surface area contributed by atoms with Gasteiger partial charge >= 0.3 is 0 Å². The zero-order valence-corrected chi connectivity index (χ0v) is 20.9. The van der Waals surface area contributed by atoms with Gasteiger partial charge in [-0.25, -0.2) is 14.4 Å². The lowest BCUT2D eigenvalue weighted by Crippen LogP contribution is -2.18. The molecular weight excluding hydrogens is 499 g/mol. The third-order valence-corrected chi connectivity index (χ3v) is 6.49. The molecule has 5 aromatic rings. The molecule has 0 aliphatic carbocycles. The van der Waals surface area contributed by atoms with E-state index in [0.29, 0.717) is 47.9 Å². The Kier molecular flexibility index (Phi) is 6.60. The molecule has 6 rings (SSSR count). The highest BCUT2D eigenvalue weighted by molar-refractivity contribution is 6.03. The summed E-state index contributed by atoms with van der Waals surface area (Å²) in [5, 5.41) is 12.3. The van der Waals surface area contributed by atoms with Gasteiger partial charge in [-0.3, -0.25) is 9.48 Å². The van der Waals surface area contributed by atoms with E-state index < -0.39 is 0 Å². The highest BCUT2D eigenvalue weighted by atomic mass is 19.1. The van der Waals surface area contributed by atoms with Crippen LogP contribution in [-0.4, -0.2) is 45.0 Å². The molecule has 3 heterocycles. The number of fused-ring (bicyclic) bond motifs is 2. The molecule has 0 spiro atoms. The summed E-state index contributed by atoms with van der Waals surface area (Å²) in [6, 6.07) is 15.9. The maximum absolute atomic E-state index is 13.6. The summed E-state index contributed by atoms with van der Waals surface area (Å²) in [4.78, 5) is 21.0. The van der Waals surface area contributed by atoms with Crippen LogP contribution in [0.25, 0.3) is 21.8 Å². The molecule has 2 N–H and O–H groups in total. The van der Waals surface area contributed by atoms with E-state index >= 15 is 0 Å². The lowest BCUT2D eigenvalue weighted by molar-refractivity contribution is -0.111. The summed E-state index contributed by atoms with van der Waals surface area (Å²) in [5.41, 5.74) is 3.70. The van der Waals surface area contributed by atoms with Crippen molar-refractivity contribution < 1.29 is 18.7 Å². The van der Waals surface area contributed by atoms with E-state index in [9.17, 15) is 9.18 Å². The second-order valence-electron chi connectivity index (χ2n) is 9.22. The maximum atomic E-state index is 13.6. The van der Waals surface area contributed by atoms with Crippen LogP contribution in [0.3, 0.4) is 0 Å². The Bertz CT molecular complexity index is 1700. The minimum Gasteiger partial charge on any atom is -0.486 e. The zero-order valence-electron chi connectivity index (χ0n) is 20.9. The Hall–Kier alpha value is -4.83. The van der Waals surface area contributed by atoms with Crippen molar-refractivity contribution in [2.45, 2.75) is 19.1 Å². The zero-order chi connectivity index (χ0) is 26.8. The minimum absolute atomic E-state index is 0.102. The third kappa shape index (κ3) is 5.27. The molecule has 0 saturated carbocycles. The number of nitrogens with one attached hydrogen (secondary N) is 2. The van der Waals surface area contributed by atoms with Crippen molar-refractivity contribution in [3.05, 3.63) is 91.2 Å². The van der Waals surface area contributed by atoms with Gasteiger partial charge in [0.15, 0.2) is 0 Å². The first-order chi connectivity index (χ1) is 19.1. The van der Waals surface area contributed by atoms with Gasteiger partial charge in [-0.2, -0.15) is 5.10 Å². The summed E-state index contributed by atoms with van der Waals surface area (Å²) >= 11 is 0. The molecule has 10 heteroatoms. The molecule has 2 aromatic heterocycles. The van der Waals surface area contributed by atoms with Crippen molar-refractivity contribution in [3.8, 4) is 5.75 Å². The highest BCUT2D eigenvalue weighted by Gasteiger charge is 2.20. The van der Waals surface area contributed by atoms with Gasteiger partial charge in [-0.15, -0.1) is 0 Å². The normalized spacial score (nSPS) is 14.9. The standard InChI is InChI=1S/C29H25FN6O3/c1-2-28(37)35-25-12-23-24(13-27(25)39-22-8-9-38-16-22)31-17-32-29(23)34-21-6-7-26-19(11-21)14-33-36(26)15-18-4-3-5-20(30)10-18/h2-7,10-14,17,22H,1,8-9,15-16H2,(H,35,37)(H,31,32,34)/t22-/m0/s1. The number of anilines is 3. The average molecular weight is 525 g/mol. The van der Waals surface area contributed by atoms with Gasteiger partial charge in [0.25, 0.3) is 0 Å². The SMILES string of the molecule is C=CC(=O)Nc1cc2c(Nc3ccc4c(cnn4Cc4cccc(F)c4)c3)ncnc2cc1O[C@H]1CCOC1. The fraction of sp³-hybridized carbons (Fsp3) is 0.172. The summed E-state index contributed by atoms with van der Waals surface area (Å²) in [6.45, 7) is 5.13. The number of halogens is 1. The van der Waals surface area contributed by atoms with Gasteiger partial charge in [0.05, 0.1) is 42.7 Å². The molecule has 39 heavy (non-hydrogen) atoms. The Morgan fingerprint density at radius 1 is 1.21 bits per heavy atom. The Morgan fingerprint density at radius 3 is 2.95 bits per heavy atom. The number of ether oxygens (including phenoxy) is 2. The van der Waals surface area contributed by atoms with Gasteiger partial charge < -0.3 is 20.1 Å². The average Bonchev–Trinajstić information content (AvgIpc) is 3.59. The van der Waals surface area contributed by atoms with Crippen LogP contribution >= 0.6 is 0 Å². The van der Waals surface area contributed by atoms with Crippen LogP contribution in [0.1, 0.15) is 12.0 Å². The molecule has 3 aromatic carbocycles. The number of hydrogen-bond acceptors (Lipinski definition) is 7. The van der Waals surface area contributed by atoms with E-state index in [4.69, 9.17) is 9.47 Å². The van der Waals surface area contributed by atoms with Crippen molar-refractivity contribution >= 4 is 44.9 Å². The summed E-state index contributed by atoms with van der Waals surface area (Å²) < 4.78 is 27.0. The summed E-state index contributed by atoms with van der Waals surface area (Å²) in [5.74, 6) is 0.446. The van der Waals surface area contributed by atoms with Crippen molar-refractivity contribution in [1.29, 1.82) is 0 Å². The van der Waals surface area contributed by atoms with E-state index in [2.05, 4.69) is 32.3 Å². The van der Waals surface area contributed by atoms with E-state index in [1.54, 1.807) is 24.4 Å². The number of aromatic nitrogens is 4. The van der Waals surface area contributed by atoms with Crippen LogP contribution in [0.4, 0.5) is 21.6 Å². The molecular formula is C29H25FN6O3. The van der Waals surface area contributed by atoms with Crippen molar-refractivity contribution in [3.63, 3.8) is 0 Å². The largest absolute Gasteiger partial charge is 0.486 e.